The van der Waals surface area contributed by atoms with Crippen LogP contribution in [0.15, 0.2) is 53.4 Å². The summed E-state index contributed by atoms with van der Waals surface area (Å²) < 4.78 is 2.56. The molecule has 0 amide bonds. The third-order valence-corrected chi connectivity index (χ3v) is 3.08. The summed E-state index contributed by atoms with van der Waals surface area (Å²) in [6.07, 6.45) is 3.36. The molecule has 1 aromatic carbocycles. The number of nitrogens with zero attached hydrogens (tertiary/aromatic N) is 4. The van der Waals surface area contributed by atoms with Crippen LogP contribution in [-0.4, -0.2) is 19.7 Å². The highest BCUT2D eigenvalue weighted by molar-refractivity contribution is 9.10. The Kier molecular flexibility index (Phi) is 3.00. The molecular weight excluding hydrogens is 306 g/mol. The Morgan fingerprint density at radius 2 is 1.79 bits per heavy atom. The van der Waals surface area contributed by atoms with Crippen LogP contribution < -0.4 is 5.73 Å². The summed E-state index contributed by atoms with van der Waals surface area (Å²) in [5, 5.41) is 4.40. The molecule has 0 aliphatic rings. The lowest BCUT2D eigenvalue weighted by Crippen LogP contribution is -1.97. The van der Waals surface area contributed by atoms with Crippen molar-refractivity contribution < 1.29 is 0 Å². The minimum absolute atomic E-state index is 0.643. The fraction of sp³-hybridized carbons (Fsp3) is 0. The van der Waals surface area contributed by atoms with E-state index in [0.29, 0.717) is 5.82 Å². The van der Waals surface area contributed by atoms with Crippen molar-refractivity contribution in [2.24, 2.45) is 0 Å². The van der Waals surface area contributed by atoms with E-state index >= 15 is 0 Å². The van der Waals surface area contributed by atoms with Crippen molar-refractivity contribution in [1.82, 2.24) is 19.7 Å². The predicted molar refractivity (Wildman–Crippen MR) is 76.7 cm³/mol. The maximum absolute atomic E-state index is 5.65. The summed E-state index contributed by atoms with van der Waals surface area (Å²) in [4.78, 5) is 8.54. The molecule has 2 N–H and O–H groups in total. The number of rotatable bonds is 2. The van der Waals surface area contributed by atoms with E-state index in [2.05, 4.69) is 31.0 Å². The highest BCUT2D eigenvalue weighted by Crippen LogP contribution is 2.17. The number of nitrogen functional groups attached to an aromatic ring is 1. The zero-order chi connectivity index (χ0) is 13.2. The molecule has 0 saturated carbocycles. The second-order valence-corrected chi connectivity index (χ2v) is 4.89. The van der Waals surface area contributed by atoms with Gasteiger partial charge in [0.2, 0.25) is 0 Å². The van der Waals surface area contributed by atoms with Gasteiger partial charge >= 0.3 is 0 Å². The maximum atomic E-state index is 5.65. The Labute approximate surface area is 118 Å². The van der Waals surface area contributed by atoms with E-state index in [0.717, 1.165) is 21.5 Å². The first-order valence-corrected chi connectivity index (χ1v) is 6.41. The molecule has 0 saturated heterocycles. The fourth-order valence-corrected chi connectivity index (χ4v) is 1.88. The number of pyridine rings is 1. The van der Waals surface area contributed by atoms with E-state index in [1.165, 1.54) is 0 Å². The number of hydrogen-bond acceptors (Lipinski definition) is 4. The topological polar surface area (TPSA) is 69.6 Å². The minimum atomic E-state index is 0.643. The van der Waals surface area contributed by atoms with Crippen LogP contribution in [0.3, 0.4) is 0 Å². The van der Waals surface area contributed by atoms with Gasteiger partial charge in [0, 0.05) is 21.9 Å². The van der Waals surface area contributed by atoms with Crippen molar-refractivity contribution in [3.05, 3.63) is 53.4 Å². The summed E-state index contributed by atoms with van der Waals surface area (Å²) in [6, 6.07) is 11.2. The Morgan fingerprint density at radius 1 is 1.00 bits per heavy atom. The highest BCUT2D eigenvalue weighted by Gasteiger charge is 2.06. The summed E-state index contributed by atoms with van der Waals surface area (Å²) >= 11 is 3.35. The molecule has 0 radical (unpaired) electrons. The molecule has 94 valence electrons. The van der Waals surface area contributed by atoms with Gasteiger partial charge in [0.15, 0.2) is 11.6 Å². The average Bonchev–Trinajstić information content (AvgIpc) is 2.90. The number of halogens is 1. The molecule has 0 unspecified atom stereocenters. The van der Waals surface area contributed by atoms with E-state index in [1.807, 2.05) is 36.4 Å². The minimum Gasteiger partial charge on any atom is -0.399 e. The molecular formula is C13H10BrN5. The van der Waals surface area contributed by atoms with Gasteiger partial charge in [-0.3, -0.25) is 0 Å². The molecule has 2 heterocycles. The lowest BCUT2D eigenvalue weighted by Gasteiger charge is -1.99. The van der Waals surface area contributed by atoms with E-state index < -0.39 is 0 Å². The van der Waals surface area contributed by atoms with Crippen LogP contribution in [0.4, 0.5) is 5.69 Å². The quantitative estimate of drug-likeness (QED) is 0.738. The summed E-state index contributed by atoms with van der Waals surface area (Å²) in [7, 11) is 0. The lowest BCUT2D eigenvalue weighted by atomic mass is 10.2. The first-order valence-electron chi connectivity index (χ1n) is 5.62. The number of anilines is 1. The van der Waals surface area contributed by atoms with Crippen LogP contribution in [0.5, 0.6) is 0 Å². The monoisotopic (exact) mass is 315 g/mol. The number of benzene rings is 1. The van der Waals surface area contributed by atoms with Crippen LogP contribution in [0.2, 0.25) is 0 Å². The van der Waals surface area contributed by atoms with Crippen molar-refractivity contribution in [3.8, 4) is 17.2 Å². The largest absolute Gasteiger partial charge is 0.399 e. The molecule has 3 aromatic rings. The Morgan fingerprint density at radius 3 is 2.47 bits per heavy atom. The SMILES string of the molecule is Nc1ccc(-c2ncn(-c3ccc(Br)cn3)n2)cc1. The summed E-state index contributed by atoms with van der Waals surface area (Å²) in [5.41, 5.74) is 7.30. The zero-order valence-corrected chi connectivity index (χ0v) is 11.4. The van der Waals surface area contributed by atoms with Crippen LogP contribution in [0, 0.1) is 0 Å². The van der Waals surface area contributed by atoms with E-state index in [4.69, 9.17) is 5.73 Å². The van der Waals surface area contributed by atoms with Gasteiger partial charge in [0.25, 0.3) is 0 Å². The second kappa shape index (κ2) is 4.81. The molecule has 0 spiro atoms. The van der Waals surface area contributed by atoms with E-state index in [-0.39, 0.29) is 0 Å². The van der Waals surface area contributed by atoms with Gasteiger partial charge in [0.05, 0.1) is 0 Å². The normalized spacial score (nSPS) is 10.6. The molecule has 2 aromatic heterocycles. The van der Waals surface area contributed by atoms with Gasteiger partial charge < -0.3 is 5.73 Å². The van der Waals surface area contributed by atoms with Crippen molar-refractivity contribution in [2.45, 2.75) is 0 Å². The molecule has 6 heteroatoms. The molecule has 0 aliphatic carbocycles. The number of aromatic nitrogens is 4. The van der Waals surface area contributed by atoms with Crippen molar-refractivity contribution in [3.63, 3.8) is 0 Å². The van der Waals surface area contributed by atoms with Crippen LogP contribution in [-0.2, 0) is 0 Å². The Hall–Kier alpha value is -2.21. The van der Waals surface area contributed by atoms with Gasteiger partial charge in [-0.1, -0.05) is 0 Å². The average molecular weight is 316 g/mol. The number of nitrogens with two attached hydrogens (primary N) is 1. The van der Waals surface area contributed by atoms with Gasteiger partial charge in [-0.2, -0.15) is 0 Å². The van der Waals surface area contributed by atoms with Crippen molar-refractivity contribution in [2.75, 3.05) is 5.73 Å². The van der Waals surface area contributed by atoms with E-state index in [9.17, 15) is 0 Å². The van der Waals surface area contributed by atoms with Crippen molar-refractivity contribution in [1.29, 1.82) is 0 Å². The maximum Gasteiger partial charge on any atom is 0.181 e. The highest BCUT2D eigenvalue weighted by atomic mass is 79.9. The van der Waals surface area contributed by atoms with Crippen LogP contribution in [0.25, 0.3) is 17.2 Å². The molecule has 0 bridgehead atoms. The van der Waals surface area contributed by atoms with Gasteiger partial charge in [-0.15, -0.1) is 5.10 Å². The van der Waals surface area contributed by atoms with Crippen molar-refractivity contribution >= 4 is 21.6 Å². The molecule has 3 rings (SSSR count). The first kappa shape index (κ1) is 11.9. The second-order valence-electron chi connectivity index (χ2n) is 3.97. The molecule has 0 atom stereocenters. The first-order chi connectivity index (χ1) is 9.22. The third-order valence-electron chi connectivity index (χ3n) is 2.61. The van der Waals surface area contributed by atoms with Gasteiger partial charge in [-0.25, -0.2) is 14.6 Å². The summed E-state index contributed by atoms with van der Waals surface area (Å²) in [6.45, 7) is 0. The smallest absolute Gasteiger partial charge is 0.181 e. The predicted octanol–water partition coefficient (Wildman–Crippen LogP) is 2.67. The lowest BCUT2D eigenvalue weighted by molar-refractivity contribution is 0.847. The van der Waals surface area contributed by atoms with Gasteiger partial charge in [-0.05, 0) is 52.3 Å². The van der Waals surface area contributed by atoms with Gasteiger partial charge in [0.1, 0.15) is 6.33 Å². The molecule has 5 nitrogen and oxygen atoms in total. The molecule has 0 aliphatic heterocycles. The number of hydrogen-bond donors (Lipinski definition) is 1. The van der Waals surface area contributed by atoms with Crippen LogP contribution >= 0.6 is 15.9 Å². The Balaban J connectivity index is 1.95. The molecule has 19 heavy (non-hydrogen) atoms. The third kappa shape index (κ3) is 2.48. The fourth-order valence-electron chi connectivity index (χ4n) is 1.64. The zero-order valence-electron chi connectivity index (χ0n) is 9.86. The van der Waals surface area contributed by atoms with E-state index in [1.54, 1.807) is 17.2 Å². The Bertz CT molecular complexity index is 628. The standard InChI is InChI=1S/C13H10BrN5/c14-10-3-6-12(16-7-10)19-8-17-13(18-19)9-1-4-11(15)5-2-9/h1-8H,15H2. The van der Waals surface area contributed by atoms with Crippen LogP contribution in [0.1, 0.15) is 0 Å². The summed E-state index contributed by atoms with van der Waals surface area (Å²) in [5.74, 6) is 1.36. The molecule has 0 fully saturated rings.